The molecule has 1 amide bonds. The van der Waals surface area contributed by atoms with Crippen LogP contribution in [-0.4, -0.2) is 31.3 Å². The fourth-order valence-electron chi connectivity index (χ4n) is 4.00. The number of hydrogen-bond donors (Lipinski definition) is 1. The lowest BCUT2D eigenvalue weighted by atomic mass is 9.96. The SMILES string of the molecule is COc1ccc(CN2C(=O)C(O)c3c(-c4ccc5c(c4)OCCO5)cccc32)cc1. The minimum Gasteiger partial charge on any atom is -0.497 e. The zero-order valence-electron chi connectivity index (χ0n) is 16.5. The van der Waals surface area contributed by atoms with Crippen LogP contribution in [0.3, 0.4) is 0 Å². The molecule has 3 aromatic carbocycles. The first-order chi connectivity index (χ1) is 14.7. The number of carbonyl (C=O) groups excluding carboxylic acids is 1. The molecule has 3 aromatic rings. The van der Waals surface area contributed by atoms with Crippen LogP contribution in [0.25, 0.3) is 11.1 Å². The molecule has 0 saturated carbocycles. The highest BCUT2D eigenvalue weighted by molar-refractivity contribution is 6.06. The van der Waals surface area contributed by atoms with E-state index in [1.807, 2.05) is 60.7 Å². The van der Waals surface area contributed by atoms with Gasteiger partial charge in [-0.15, -0.1) is 0 Å². The summed E-state index contributed by atoms with van der Waals surface area (Å²) in [6.45, 7) is 1.40. The van der Waals surface area contributed by atoms with Crippen LogP contribution in [0.1, 0.15) is 17.2 Å². The third-order valence-electron chi connectivity index (χ3n) is 5.50. The lowest BCUT2D eigenvalue weighted by Crippen LogP contribution is -2.28. The van der Waals surface area contributed by atoms with Crippen molar-refractivity contribution in [2.75, 3.05) is 25.2 Å². The standard InChI is InChI=1S/C24H21NO5/c1-28-17-8-5-15(6-9-17)14-25-19-4-2-3-18(22(19)23(26)24(25)27)16-7-10-20-21(13-16)30-12-11-29-20/h2-10,13,23,26H,11-12,14H2,1H3. The number of hydrogen-bond acceptors (Lipinski definition) is 5. The summed E-state index contributed by atoms with van der Waals surface area (Å²) in [6.07, 6.45) is -1.21. The largest absolute Gasteiger partial charge is 0.497 e. The molecule has 5 rings (SSSR count). The van der Waals surface area contributed by atoms with Crippen molar-refractivity contribution in [1.82, 2.24) is 0 Å². The molecule has 152 valence electrons. The van der Waals surface area contributed by atoms with Gasteiger partial charge in [0.1, 0.15) is 19.0 Å². The van der Waals surface area contributed by atoms with E-state index in [-0.39, 0.29) is 5.91 Å². The van der Waals surface area contributed by atoms with Gasteiger partial charge in [0.05, 0.1) is 19.3 Å². The van der Waals surface area contributed by atoms with E-state index in [1.54, 1.807) is 12.0 Å². The van der Waals surface area contributed by atoms with Gasteiger partial charge in [0.15, 0.2) is 17.6 Å². The first-order valence-electron chi connectivity index (χ1n) is 9.81. The van der Waals surface area contributed by atoms with E-state index < -0.39 is 6.10 Å². The monoisotopic (exact) mass is 403 g/mol. The quantitative estimate of drug-likeness (QED) is 0.719. The van der Waals surface area contributed by atoms with E-state index in [0.717, 1.165) is 28.1 Å². The van der Waals surface area contributed by atoms with Crippen LogP contribution in [0.4, 0.5) is 5.69 Å². The fraction of sp³-hybridized carbons (Fsp3) is 0.208. The number of ether oxygens (including phenoxy) is 3. The average Bonchev–Trinajstić information content (AvgIpc) is 3.04. The van der Waals surface area contributed by atoms with E-state index in [2.05, 4.69) is 0 Å². The molecule has 0 aromatic heterocycles. The Morgan fingerprint density at radius 3 is 2.57 bits per heavy atom. The van der Waals surface area contributed by atoms with Gasteiger partial charge in [-0.05, 0) is 47.0 Å². The number of fused-ring (bicyclic) bond motifs is 2. The van der Waals surface area contributed by atoms with Crippen LogP contribution >= 0.6 is 0 Å². The highest BCUT2D eigenvalue weighted by Crippen LogP contribution is 2.44. The van der Waals surface area contributed by atoms with Crippen molar-refractivity contribution in [3.63, 3.8) is 0 Å². The molecule has 0 radical (unpaired) electrons. The third-order valence-corrected chi connectivity index (χ3v) is 5.50. The molecule has 0 bridgehead atoms. The summed E-state index contributed by atoms with van der Waals surface area (Å²) in [5.74, 6) is 1.80. The van der Waals surface area contributed by atoms with Crippen LogP contribution < -0.4 is 19.1 Å². The average molecular weight is 403 g/mol. The molecule has 2 aliphatic rings. The smallest absolute Gasteiger partial charge is 0.260 e. The van der Waals surface area contributed by atoms with Crippen molar-refractivity contribution in [3.05, 3.63) is 71.8 Å². The Morgan fingerprint density at radius 1 is 1.03 bits per heavy atom. The number of nitrogens with zero attached hydrogens (tertiary/aromatic N) is 1. The number of benzene rings is 3. The summed E-state index contributed by atoms with van der Waals surface area (Å²) < 4.78 is 16.5. The van der Waals surface area contributed by atoms with E-state index in [9.17, 15) is 9.90 Å². The van der Waals surface area contributed by atoms with Gasteiger partial charge in [-0.2, -0.15) is 0 Å². The highest BCUT2D eigenvalue weighted by Gasteiger charge is 2.38. The van der Waals surface area contributed by atoms with Gasteiger partial charge in [0, 0.05) is 5.56 Å². The van der Waals surface area contributed by atoms with Crippen molar-refractivity contribution >= 4 is 11.6 Å². The van der Waals surface area contributed by atoms with Crippen LogP contribution in [-0.2, 0) is 11.3 Å². The molecule has 2 aliphatic heterocycles. The minimum atomic E-state index is -1.21. The Balaban J connectivity index is 1.52. The van der Waals surface area contributed by atoms with Crippen LogP contribution in [0.15, 0.2) is 60.7 Å². The molecule has 6 heteroatoms. The lowest BCUT2D eigenvalue weighted by molar-refractivity contribution is -0.125. The molecule has 0 saturated heterocycles. The van der Waals surface area contributed by atoms with Gasteiger partial charge in [0.25, 0.3) is 5.91 Å². The summed E-state index contributed by atoms with van der Waals surface area (Å²) in [5.41, 5.74) is 3.97. The Labute approximate surface area is 174 Å². The molecular formula is C24H21NO5. The van der Waals surface area contributed by atoms with Gasteiger partial charge in [-0.25, -0.2) is 0 Å². The fourth-order valence-corrected chi connectivity index (χ4v) is 4.00. The maximum Gasteiger partial charge on any atom is 0.260 e. The normalized spacial score (nSPS) is 17.1. The van der Waals surface area contributed by atoms with Gasteiger partial charge >= 0.3 is 0 Å². The molecule has 6 nitrogen and oxygen atoms in total. The predicted molar refractivity (Wildman–Crippen MR) is 112 cm³/mol. The Bertz CT molecular complexity index is 1110. The molecule has 0 aliphatic carbocycles. The van der Waals surface area contributed by atoms with E-state index >= 15 is 0 Å². The van der Waals surface area contributed by atoms with Crippen molar-refractivity contribution < 1.29 is 24.1 Å². The number of carbonyl (C=O) groups is 1. The zero-order chi connectivity index (χ0) is 20.7. The van der Waals surface area contributed by atoms with Crippen LogP contribution in [0.2, 0.25) is 0 Å². The number of aliphatic hydroxyl groups excluding tert-OH is 1. The van der Waals surface area contributed by atoms with E-state index in [1.165, 1.54) is 0 Å². The van der Waals surface area contributed by atoms with Gasteiger partial charge in [0.2, 0.25) is 0 Å². The summed E-state index contributed by atoms with van der Waals surface area (Å²) >= 11 is 0. The molecular weight excluding hydrogens is 382 g/mol. The van der Waals surface area contributed by atoms with Gasteiger partial charge in [-0.3, -0.25) is 4.79 Å². The molecule has 30 heavy (non-hydrogen) atoms. The minimum absolute atomic E-state index is 0.328. The first kappa shape index (κ1) is 18.5. The summed E-state index contributed by atoms with van der Waals surface area (Å²) in [5, 5.41) is 10.8. The second kappa shape index (κ2) is 7.39. The number of methoxy groups -OCH3 is 1. The number of anilines is 1. The van der Waals surface area contributed by atoms with Gasteiger partial charge in [-0.1, -0.05) is 30.3 Å². The van der Waals surface area contributed by atoms with Crippen LogP contribution in [0, 0.1) is 0 Å². The third kappa shape index (κ3) is 3.06. The molecule has 1 atom stereocenters. The molecule has 1 unspecified atom stereocenters. The second-order valence-electron chi connectivity index (χ2n) is 7.27. The second-order valence-corrected chi connectivity index (χ2v) is 7.27. The van der Waals surface area contributed by atoms with E-state index in [0.29, 0.717) is 36.8 Å². The molecule has 2 heterocycles. The number of amides is 1. The highest BCUT2D eigenvalue weighted by atomic mass is 16.6. The van der Waals surface area contributed by atoms with Crippen LogP contribution in [0.5, 0.6) is 17.2 Å². The van der Waals surface area contributed by atoms with Crippen molar-refractivity contribution in [2.45, 2.75) is 12.6 Å². The topological polar surface area (TPSA) is 68.2 Å². The molecule has 0 fully saturated rings. The molecule has 0 spiro atoms. The van der Waals surface area contributed by atoms with Crippen molar-refractivity contribution in [3.8, 4) is 28.4 Å². The Hall–Kier alpha value is -3.51. The molecule has 1 N–H and O–H groups in total. The predicted octanol–water partition coefficient (Wildman–Crippen LogP) is 3.71. The maximum absolute atomic E-state index is 12.9. The first-order valence-corrected chi connectivity index (χ1v) is 9.81. The Morgan fingerprint density at radius 2 is 1.80 bits per heavy atom. The zero-order valence-corrected chi connectivity index (χ0v) is 16.5. The summed E-state index contributed by atoms with van der Waals surface area (Å²) in [7, 11) is 1.62. The van der Waals surface area contributed by atoms with E-state index in [4.69, 9.17) is 14.2 Å². The number of rotatable bonds is 4. The summed E-state index contributed by atoms with van der Waals surface area (Å²) in [4.78, 5) is 14.5. The number of aliphatic hydroxyl groups is 1. The maximum atomic E-state index is 12.9. The van der Waals surface area contributed by atoms with Gasteiger partial charge < -0.3 is 24.2 Å². The summed E-state index contributed by atoms with van der Waals surface area (Å²) in [6, 6.07) is 18.9. The Kier molecular flexibility index (Phi) is 4.56. The lowest BCUT2D eigenvalue weighted by Gasteiger charge is -2.20. The van der Waals surface area contributed by atoms with Crippen molar-refractivity contribution in [2.24, 2.45) is 0 Å². The van der Waals surface area contributed by atoms with Crippen molar-refractivity contribution in [1.29, 1.82) is 0 Å².